The van der Waals surface area contributed by atoms with Crippen LogP contribution in [-0.4, -0.2) is 12.5 Å². The summed E-state index contributed by atoms with van der Waals surface area (Å²) in [7, 11) is 0. The summed E-state index contributed by atoms with van der Waals surface area (Å²) >= 11 is 0. The average Bonchev–Trinajstić information content (AvgIpc) is 2.90. The van der Waals surface area contributed by atoms with Crippen molar-refractivity contribution < 1.29 is 18.0 Å². The minimum Gasteiger partial charge on any atom is -0.313 e. The van der Waals surface area contributed by atoms with Gasteiger partial charge in [0.2, 0.25) is 0 Å². The fraction of sp³-hybridized carbons (Fsp3) is 0.167. The summed E-state index contributed by atoms with van der Waals surface area (Å²) < 4.78 is 39.0. The van der Waals surface area contributed by atoms with Crippen LogP contribution in [0.4, 0.5) is 24.5 Å². The maximum absolute atomic E-state index is 14.4. The Morgan fingerprint density at radius 2 is 1.31 bits per heavy atom. The first-order chi connectivity index (χ1) is 17.2. The van der Waals surface area contributed by atoms with Gasteiger partial charge in [0.1, 0.15) is 17.4 Å². The van der Waals surface area contributed by atoms with Gasteiger partial charge < -0.3 is 5.73 Å². The lowest BCUT2D eigenvalue weighted by molar-refractivity contribution is -0.137. The van der Waals surface area contributed by atoms with Crippen molar-refractivity contribution in [3.8, 4) is 0 Å². The summed E-state index contributed by atoms with van der Waals surface area (Å²) in [5.41, 5.74) is 9.81. The van der Waals surface area contributed by atoms with Crippen molar-refractivity contribution in [2.24, 2.45) is 5.73 Å². The van der Waals surface area contributed by atoms with Crippen molar-refractivity contribution in [2.75, 3.05) is 6.54 Å². The standard InChI is InChI=1S/C30H28F3N2O/c1-22-12-18-27(19-13-22)35(26-10-6-3-7-11-26,29(36)28(34)24-8-4-2-5-9-24)21-20-23-14-16-25(17-15-23)30(31,32)33/h2-19,28H,20-21,34H2,1H3/q+1. The summed E-state index contributed by atoms with van der Waals surface area (Å²) in [4.78, 5) is 14.4. The van der Waals surface area contributed by atoms with E-state index in [2.05, 4.69) is 0 Å². The minimum absolute atomic E-state index is 0.168. The molecule has 2 atom stereocenters. The molecular weight excluding hydrogens is 461 g/mol. The molecule has 1 amide bonds. The number of halogens is 3. The number of carbonyl (C=O) groups is 1. The molecule has 4 aromatic rings. The number of alkyl halides is 3. The largest absolute Gasteiger partial charge is 0.416 e. The molecule has 4 aromatic carbocycles. The Bertz CT molecular complexity index is 1290. The molecular formula is C30H28F3N2O+. The number of rotatable bonds is 7. The third-order valence-electron chi connectivity index (χ3n) is 6.49. The van der Waals surface area contributed by atoms with Crippen LogP contribution < -0.4 is 10.2 Å². The van der Waals surface area contributed by atoms with Gasteiger partial charge >= 0.3 is 12.1 Å². The van der Waals surface area contributed by atoms with Crippen molar-refractivity contribution in [2.45, 2.75) is 25.6 Å². The molecule has 0 radical (unpaired) electrons. The van der Waals surface area contributed by atoms with Crippen LogP contribution in [0.25, 0.3) is 0 Å². The summed E-state index contributed by atoms with van der Waals surface area (Å²) in [6, 6.07) is 30.5. The third kappa shape index (κ3) is 5.25. The Morgan fingerprint density at radius 1 is 0.778 bits per heavy atom. The highest BCUT2D eigenvalue weighted by Gasteiger charge is 2.45. The van der Waals surface area contributed by atoms with Gasteiger partial charge in [0.15, 0.2) is 0 Å². The van der Waals surface area contributed by atoms with Gasteiger partial charge in [-0.1, -0.05) is 78.4 Å². The number of hydrogen-bond donors (Lipinski definition) is 1. The van der Waals surface area contributed by atoms with E-state index >= 15 is 0 Å². The zero-order chi connectivity index (χ0) is 25.8. The van der Waals surface area contributed by atoms with E-state index in [1.807, 2.05) is 91.9 Å². The second-order valence-electron chi connectivity index (χ2n) is 8.88. The van der Waals surface area contributed by atoms with Gasteiger partial charge in [-0.15, -0.1) is 0 Å². The third-order valence-corrected chi connectivity index (χ3v) is 6.49. The maximum Gasteiger partial charge on any atom is 0.416 e. The fourth-order valence-electron chi connectivity index (χ4n) is 4.45. The minimum atomic E-state index is -4.40. The normalized spacial score (nSPS) is 14.1. The highest BCUT2D eigenvalue weighted by atomic mass is 19.4. The van der Waals surface area contributed by atoms with Gasteiger partial charge in [-0.05, 0) is 30.2 Å². The molecule has 36 heavy (non-hydrogen) atoms. The van der Waals surface area contributed by atoms with Crippen LogP contribution in [0, 0.1) is 6.92 Å². The molecule has 0 aromatic heterocycles. The Kier molecular flexibility index (Phi) is 7.38. The zero-order valence-electron chi connectivity index (χ0n) is 20.0. The van der Waals surface area contributed by atoms with Gasteiger partial charge in [0.25, 0.3) is 0 Å². The van der Waals surface area contributed by atoms with Crippen molar-refractivity contribution in [3.05, 3.63) is 131 Å². The predicted molar refractivity (Wildman–Crippen MR) is 137 cm³/mol. The number of nitrogens with zero attached hydrogens (tertiary/aromatic N) is 1. The second-order valence-corrected chi connectivity index (χ2v) is 8.88. The Hall–Kier alpha value is -3.74. The molecule has 3 nitrogen and oxygen atoms in total. The first kappa shape index (κ1) is 25.4. The van der Waals surface area contributed by atoms with Gasteiger partial charge in [-0.3, -0.25) is 0 Å². The molecule has 184 valence electrons. The number of nitrogens with two attached hydrogens (primary N) is 1. The summed E-state index contributed by atoms with van der Waals surface area (Å²) in [6.07, 6.45) is -4.03. The summed E-state index contributed by atoms with van der Waals surface area (Å²) in [5, 5.41) is 0. The molecule has 0 bridgehead atoms. The summed E-state index contributed by atoms with van der Waals surface area (Å²) in [6.45, 7) is 2.26. The Balaban J connectivity index is 1.81. The van der Waals surface area contributed by atoms with Crippen LogP contribution in [-0.2, 0) is 17.4 Å². The van der Waals surface area contributed by atoms with Crippen LogP contribution >= 0.6 is 0 Å². The number of quaternary nitrogens is 1. The highest BCUT2D eigenvalue weighted by Crippen LogP contribution is 2.38. The van der Waals surface area contributed by atoms with E-state index in [9.17, 15) is 18.0 Å². The Labute approximate surface area is 209 Å². The SMILES string of the molecule is Cc1ccc([N+](CCc2ccc(C(F)(F)F)cc2)(C(=O)C(N)c2ccccc2)c2ccccc2)cc1. The highest BCUT2D eigenvalue weighted by molar-refractivity contribution is 5.98. The van der Waals surface area contributed by atoms with Crippen LogP contribution in [0.15, 0.2) is 109 Å². The molecule has 0 saturated carbocycles. The van der Waals surface area contributed by atoms with Gasteiger partial charge in [-0.2, -0.15) is 17.7 Å². The molecule has 4 rings (SSSR count). The monoisotopic (exact) mass is 489 g/mol. The van der Waals surface area contributed by atoms with E-state index in [-0.39, 0.29) is 16.9 Å². The smallest absolute Gasteiger partial charge is 0.313 e. The molecule has 0 spiro atoms. The van der Waals surface area contributed by atoms with Gasteiger partial charge in [0, 0.05) is 30.7 Å². The number of hydrogen-bond acceptors (Lipinski definition) is 2. The lowest BCUT2D eigenvalue weighted by Crippen LogP contribution is -2.54. The number of aryl methyl sites for hydroxylation is 1. The van der Waals surface area contributed by atoms with Crippen molar-refractivity contribution >= 4 is 17.3 Å². The predicted octanol–water partition coefficient (Wildman–Crippen LogP) is 7.12. The molecule has 0 saturated heterocycles. The first-order valence-corrected chi connectivity index (χ1v) is 11.7. The van der Waals surface area contributed by atoms with Crippen molar-refractivity contribution in [1.29, 1.82) is 0 Å². The van der Waals surface area contributed by atoms with E-state index in [0.717, 1.165) is 29.1 Å². The molecule has 6 heteroatoms. The Morgan fingerprint density at radius 3 is 1.86 bits per heavy atom. The molecule has 0 heterocycles. The number of benzene rings is 4. The second kappa shape index (κ2) is 10.5. The first-order valence-electron chi connectivity index (χ1n) is 11.7. The number of para-hydroxylation sites is 1. The van der Waals surface area contributed by atoms with E-state index in [0.29, 0.717) is 17.5 Å². The van der Waals surface area contributed by atoms with Crippen LogP contribution in [0.1, 0.15) is 28.3 Å². The molecule has 2 N–H and O–H groups in total. The van der Waals surface area contributed by atoms with Crippen LogP contribution in [0.2, 0.25) is 0 Å². The van der Waals surface area contributed by atoms with Crippen LogP contribution in [0.3, 0.4) is 0 Å². The number of carbonyl (C=O) groups excluding carboxylic acids is 1. The molecule has 2 unspecified atom stereocenters. The fourth-order valence-corrected chi connectivity index (χ4v) is 4.45. The van der Waals surface area contributed by atoms with E-state index in [1.54, 1.807) is 0 Å². The number of amides is 1. The topological polar surface area (TPSA) is 43.1 Å². The van der Waals surface area contributed by atoms with E-state index in [1.165, 1.54) is 12.1 Å². The quantitative estimate of drug-likeness (QED) is 0.281. The average molecular weight is 490 g/mol. The molecule has 0 aliphatic carbocycles. The molecule has 0 fully saturated rings. The van der Waals surface area contributed by atoms with Crippen LogP contribution in [0.5, 0.6) is 0 Å². The lowest BCUT2D eigenvalue weighted by atomic mass is 10.0. The molecule has 0 aliphatic heterocycles. The van der Waals surface area contributed by atoms with Gasteiger partial charge in [-0.25, -0.2) is 4.79 Å². The van der Waals surface area contributed by atoms with E-state index in [4.69, 9.17) is 5.73 Å². The van der Waals surface area contributed by atoms with Crippen molar-refractivity contribution in [3.63, 3.8) is 0 Å². The lowest BCUT2D eigenvalue weighted by Gasteiger charge is -2.37. The summed E-state index contributed by atoms with van der Waals surface area (Å²) in [5.74, 6) is -0.219. The maximum atomic E-state index is 14.4. The van der Waals surface area contributed by atoms with Crippen molar-refractivity contribution in [1.82, 2.24) is 4.48 Å². The molecule has 0 aliphatic rings. The van der Waals surface area contributed by atoms with Gasteiger partial charge in [0.05, 0.1) is 12.1 Å². The van der Waals surface area contributed by atoms with E-state index < -0.39 is 17.8 Å². The zero-order valence-corrected chi connectivity index (χ0v) is 20.0.